The zero-order chi connectivity index (χ0) is 37.8. The van der Waals surface area contributed by atoms with E-state index >= 15 is 0 Å². The number of hydrogen-bond acceptors (Lipinski definition) is 5. The first-order valence-corrected chi connectivity index (χ1v) is 22.2. The van der Waals surface area contributed by atoms with Crippen LogP contribution in [0.1, 0.15) is 219 Å². The van der Waals surface area contributed by atoms with E-state index in [9.17, 15) is 14.7 Å². The number of aliphatic hydroxyl groups excluding tert-OH is 1. The van der Waals surface area contributed by atoms with Crippen molar-refractivity contribution in [2.45, 2.75) is 225 Å². The molecule has 1 N–H and O–H groups in total. The van der Waals surface area contributed by atoms with E-state index < -0.39 is 6.10 Å². The lowest BCUT2D eigenvalue weighted by atomic mass is 10.1. The zero-order valence-electron chi connectivity index (χ0n) is 34.3. The molecule has 0 fully saturated rings. The number of esters is 2. The second-order valence-corrected chi connectivity index (χ2v) is 14.8. The van der Waals surface area contributed by atoms with Gasteiger partial charge in [-0.25, -0.2) is 0 Å². The number of hydrogen-bond donors (Lipinski definition) is 1. The van der Waals surface area contributed by atoms with E-state index in [0.29, 0.717) is 12.8 Å². The second-order valence-electron chi connectivity index (χ2n) is 14.8. The number of aliphatic hydroxyl groups is 1. The fourth-order valence-corrected chi connectivity index (χ4v) is 6.20. The van der Waals surface area contributed by atoms with Crippen LogP contribution in [-0.2, 0) is 19.1 Å². The normalized spacial score (nSPS) is 12.6. The molecule has 0 heterocycles. The van der Waals surface area contributed by atoms with E-state index in [0.717, 1.165) is 51.4 Å². The highest BCUT2D eigenvalue weighted by Crippen LogP contribution is 2.14. The Balaban J connectivity index is 3.54. The number of allylic oxidation sites excluding steroid dienone is 8. The third-order valence-electron chi connectivity index (χ3n) is 9.60. The van der Waals surface area contributed by atoms with Gasteiger partial charge in [0.05, 0.1) is 6.61 Å². The number of carbonyl (C=O) groups is 2. The van der Waals surface area contributed by atoms with Crippen molar-refractivity contribution in [3.05, 3.63) is 48.6 Å². The van der Waals surface area contributed by atoms with Gasteiger partial charge < -0.3 is 14.6 Å². The molecule has 0 spiro atoms. The minimum absolute atomic E-state index is 0.0696. The lowest BCUT2D eigenvalue weighted by Gasteiger charge is -2.15. The summed E-state index contributed by atoms with van der Waals surface area (Å²) in [4.78, 5) is 24.3. The van der Waals surface area contributed by atoms with Gasteiger partial charge in [0.25, 0.3) is 0 Å². The molecule has 0 saturated carbocycles. The Morgan fingerprint density at radius 2 is 0.769 bits per heavy atom. The predicted octanol–water partition coefficient (Wildman–Crippen LogP) is 14.2. The molecule has 0 aliphatic heterocycles. The highest BCUT2D eigenvalue weighted by Gasteiger charge is 2.16. The van der Waals surface area contributed by atoms with Crippen LogP contribution < -0.4 is 0 Å². The highest BCUT2D eigenvalue weighted by atomic mass is 16.6. The van der Waals surface area contributed by atoms with E-state index in [1.807, 2.05) is 0 Å². The first kappa shape index (κ1) is 49.9. The summed E-state index contributed by atoms with van der Waals surface area (Å²) in [6.07, 6.45) is 54.6. The van der Waals surface area contributed by atoms with E-state index in [4.69, 9.17) is 9.47 Å². The van der Waals surface area contributed by atoms with Crippen LogP contribution in [0.3, 0.4) is 0 Å². The van der Waals surface area contributed by atoms with Crippen molar-refractivity contribution in [1.82, 2.24) is 0 Å². The first-order valence-electron chi connectivity index (χ1n) is 22.2. The lowest BCUT2D eigenvalue weighted by Crippen LogP contribution is -2.28. The summed E-state index contributed by atoms with van der Waals surface area (Å²) in [6, 6.07) is 0. The highest BCUT2D eigenvalue weighted by molar-refractivity contribution is 5.70. The number of ether oxygens (including phenoxy) is 2. The summed E-state index contributed by atoms with van der Waals surface area (Å²) in [5.74, 6) is -0.597. The molecule has 0 aromatic rings. The molecule has 0 radical (unpaired) electrons. The van der Waals surface area contributed by atoms with Crippen molar-refractivity contribution < 1.29 is 24.2 Å². The molecule has 5 nitrogen and oxygen atoms in total. The standard InChI is InChI=1S/C47H84O5/c1-3-5-7-9-11-13-15-17-19-21-23-25-27-29-31-33-35-37-39-41-46(49)51-44-45(43-48)52-47(50)42-40-38-36-34-32-30-28-26-24-22-20-18-16-14-12-10-8-6-4-2/h11-14,17-20,45,48H,3-10,15-16,21-44H2,1-2H3/t45-/m0/s1. The van der Waals surface area contributed by atoms with Crippen LogP contribution in [0.2, 0.25) is 0 Å². The molecule has 0 aliphatic carbocycles. The Bertz CT molecular complexity index is 873. The Morgan fingerprint density at radius 1 is 0.442 bits per heavy atom. The van der Waals surface area contributed by atoms with Gasteiger partial charge >= 0.3 is 11.9 Å². The molecule has 0 rings (SSSR count). The van der Waals surface area contributed by atoms with Gasteiger partial charge in [-0.1, -0.05) is 178 Å². The third kappa shape index (κ3) is 40.6. The van der Waals surface area contributed by atoms with Crippen molar-refractivity contribution >= 4 is 11.9 Å². The van der Waals surface area contributed by atoms with E-state index in [-0.39, 0.29) is 25.2 Å². The maximum Gasteiger partial charge on any atom is 0.306 e. The topological polar surface area (TPSA) is 72.8 Å². The molecule has 0 aromatic heterocycles. The Labute approximate surface area is 322 Å². The number of carbonyl (C=O) groups excluding carboxylic acids is 2. The molecule has 0 saturated heterocycles. The van der Waals surface area contributed by atoms with Crippen molar-refractivity contribution in [2.24, 2.45) is 0 Å². The average molecular weight is 729 g/mol. The van der Waals surface area contributed by atoms with Gasteiger partial charge in [0.15, 0.2) is 6.10 Å². The molecule has 0 aliphatic rings. The van der Waals surface area contributed by atoms with Gasteiger partial charge in [-0.3, -0.25) is 9.59 Å². The van der Waals surface area contributed by atoms with Crippen LogP contribution in [0.15, 0.2) is 48.6 Å². The summed E-state index contributed by atoms with van der Waals surface area (Å²) in [7, 11) is 0. The quantitative estimate of drug-likeness (QED) is 0.0386. The summed E-state index contributed by atoms with van der Waals surface area (Å²) < 4.78 is 10.6. The summed E-state index contributed by atoms with van der Waals surface area (Å²) in [6.45, 7) is 4.09. The Hall–Kier alpha value is -2.14. The van der Waals surface area contributed by atoms with Gasteiger partial charge in [0.1, 0.15) is 6.61 Å². The SMILES string of the molecule is CCCCCC=CCC=CCCCCCCCCCCCC(=O)OC[C@H](CO)OC(=O)CCCCCCCCCCCC=CCC=CCCCCC. The summed E-state index contributed by atoms with van der Waals surface area (Å²) in [5.41, 5.74) is 0. The third-order valence-corrected chi connectivity index (χ3v) is 9.60. The van der Waals surface area contributed by atoms with Crippen LogP contribution in [0.4, 0.5) is 0 Å². The van der Waals surface area contributed by atoms with Crippen LogP contribution >= 0.6 is 0 Å². The van der Waals surface area contributed by atoms with Crippen LogP contribution in [0.25, 0.3) is 0 Å². The summed E-state index contributed by atoms with van der Waals surface area (Å²) in [5, 5.41) is 9.59. The molecule has 52 heavy (non-hydrogen) atoms. The smallest absolute Gasteiger partial charge is 0.306 e. The molecule has 1 atom stereocenters. The van der Waals surface area contributed by atoms with E-state index in [1.165, 1.54) is 141 Å². The monoisotopic (exact) mass is 729 g/mol. The molecule has 0 unspecified atom stereocenters. The molecular weight excluding hydrogens is 645 g/mol. The second kappa shape index (κ2) is 43.3. The van der Waals surface area contributed by atoms with Gasteiger partial charge in [-0.2, -0.15) is 0 Å². The molecule has 0 amide bonds. The van der Waals surface area contributed by atoms with Crippen molar-refractivity contribution in [3.8, 4) is 0 Å². The molecule has 0 aromatic carbocycles. The Morgan fingerprint density at radius 3 is 1.13 bits per heavy atom. The predicted molar refractivity (Wildman–Crippen MR) is 224 cm³/mol. The zero-order valence-corrected chi connectivity index (χ0v) is 34.3. The van der Waals surface area contributed by atoms with E-state index in [1.54, 1.807) is 0 Å². The fourth-order valence-electron chi connectivity index (χ4n) is 6.20. The van der Waals surface area contributed by atoms with Crippen LogP contribution in [0, 0.1) is 0 Å². The summed E-state index contributed by atoms with van der Waals surface area (Å²) >= 11 is 0. The van der Waals surface area contributed by atoms with Gasteiger partial charge in [0, 0.05) is 12.8 Å². The molecule has 302 valence electrons. The van der Waals surface area contributed by atoms with E-state index in [2.05, 4.69) is 62.5 Å². The average Bonchev–Trinajstić information content (AvgIpc) is 3.15. The largest absolute Gasteiger partial charge is 0.462 e. The van der Waals surface area contributed by atoms with Crippen molar-refractivity contribution in [2.75, 3.05) is 13.2 Å². The van der Waals surface area contributed by atoms with Crippen LogP contribution in [-0.4, -0.2) is 36.4 Å². The van der Waals surface area contributed by atoms with Crippen LogP contribution in [0.5, 0.6) is 0 Å². The van der Waals surface area contributed by atoms with Gasteiger partial charge in [-0.15, -0.1) is 0 Å². The number of unbranched alkanes of at least 4 members (excludes halogenated alkanes) is 24. The fraction of sp³-hybridized carbons (Fsp3) is 0.787. The minimum Gasteiger partial charge on any atom is -0.462 e. The molecule has 0 bridgehead atoms. The Kier molecular flexibility index (Phi) is 41.5. The van der Waals surface area contributed by atoms with Crippen molar-refractivity contribution in [3.63, 3.8) is 0 Å². The number of rotatable bonds is 40. The maximum absolute atomic E-state index is 12.2. The molecule has 5 heteroatoms. The van der Waals surface area contributed by atoms with Gasteiger partial charge in [-0.05, 0) is 77.0 Å². The maximum atomic E-state index is 12.2. The van der Waals surface area contributed by atoms with Gasteiger partial charge in [0.2, 0.25) is 0 Å². The first-order chi connectivity index (χ1) is 25.6. The lowest BCUT2D eigenvalue weighted by molar-refractivity contribution is -0.161. The minimum atomic E-state index is -0.776. The molecular formula is C47H84O5. The van der Waals surface area contributed by atoms with Crippen molar-refractivity contribution in [1.29, 1.82) is 0 Å².